The SMILES string of the molecule is CCN(c1ccccc1)c1nc2ccccc2cc1CN. The molecule has 3 rings (SSSR count). The molecule has 21 heavy (non-hydrogen) atoms. The van der Waals surface area contributed by atoms with Gasteiger partial charge < -0.3 is 10.6 Å². The van der Waals surface area contributed by atoms with E-state index in [1.165, 1.54) is 0 Å². The smallest absolute Gasteiger partial charge is 0.138 e. The number of hydrogen-bond donors (Lipinski definition) is 1. The van der Waals surface area contributed by atoms with Crippen molar-refractivity contribution < 1.29 is 0 Å². The van der Waals surface area contributed by atoms with Gasteiger partial charge in [-0.05, 0) is 31.2 Å². The standard InChI is InChI=1S/C18H19N3/c1-2-21(16-9-4-3-5-10-16)18-15(13-19)12-14-8-6-7-11-17(14)20-18/h3-12H,2,13,19H2,1H3. The molecule has 0 unspecified atom stereocenters. The van der Waals surface area contributed by atoms with Crippen LogP contribution in [0.5, 0.6) is 0 Å². The van der Waals surface area contributed by atoms with Crippen LogP contribution in [-0.2, 0) is 6.54 Å². The van der Waals surface area contributed by atoms with Gasteiger partial charge in [-0.3, -0.25) is 0 Å². The molecule has 1 heterocycles. The molecule has 0 saturated carbocycles. The number of pyridine rings is 1. The van der Waals surface area contributed by atoms with Gasteiger partial charge in [-0.2, -0.15) is 0 Å². The molecule has 1 aromatic heterocycles. The van der Waals surface area contributed by atoms with Crippen molar-refractivity contribution in [1.29, 1.82) is 0 Å². The lowest BCUT2D eigenvalue weighted by atomic mass is 10.1. The molecule has 0 bridgehead atoms. The number of anilines is 2. The summed E-state index contributed by atoms with van der Waals surface area (Å²) in [4.78, 5) is 7.04. The predicted molar refractivity (Wildman–Crippen MR) is 88.8 cm³/mol. The Morgan fingerprint density at radius 3 is 2.43 bits per heavy atom. The van der Waals surface area contributed by atoms with Crippen molar-refractivity contribution in [3.8, 4) is 0 Å². The number of para-hydroxylation sites is 2. The number of nitrogens with zero attached hydrogens (tertiary/aromatic N) is 2. The molecule has 2 aromatic carbocycles. The van der Waals surface area contributed by atoms with Gasteiger partial charge in [-0.15, -0.1) is 0 Å². The van der Waals surface area contributed by atoms with Gasteiger partial charge >= 0.3 is 0 Å². The van der Waals surface area contributed by atoms with Crippen molar-refractivity contribution in [3.05, 3.63) is 66.2 Å². The fourth-order valence-electron chi connectivity index (χ4n) is 2.60. The van der Waals surface area contributed by atoms with Gasteiger partial charge in [0.05, 0.1) is 5.52 Å². The molecular formula is C18H19N3. The average molecular weight is 277 g/mol. The van der Waals surface area contributed by atoms with Gasteiger partial charge in [0, 0.05) is 29.7 Å². The number of benzene rings is 2. The summed E-state index contributed by atoms with van der Waals surface area (Å²) < 4.78 is 0. The van der Waals surface area contributed by atoms with Crippen molar-refractivity contribution >= 4 is 22.4 Å². The molecule has 3 aromatic rings. The largest absolute Gasteiger partial charge is 0.326 e. The molecular weight excluding hydrogens is 258 g/mol. The average Bonchev–Trinajstić information content (AvgIpc) is 2.56. The van der Waals surface area contributed by atoms with E-state index < -0.39 is 0 Å². The van der Waals surface area contributed by atoms with Crippen LogP contribution < -0.4 is 10.6 Å². The topological polar surface area (TPSA) is 42.2 Å². The Balaban J connectivity index is 2.17. The van der Waals surface area contributed by atoms with Crippen molar-refractivity contribution in [1.82, 2.24) is 4.98 Å². The van der Waals surface area contributed by atoms with Crippen LogP contribution in [0.1, 0.15) is 12.5 Å². The summed E-state index contributed by atoms with van der Waals surface area (Å²) in [6.45, 7) is 3.46. The van der Waals surface area contributed by atoms with Gasteiger partial charge in [0.1, 0.15) is 5.82 Å². The normalized spacial score (nSPS) is 10.8. The predicted octanol–water partition coefficient (Wildman–Crippen LogP) is 3.85. The van der Waals surface area contributed by atoms with E-state index in [4.69, 9.17) is 10.7 Å². The zero-order valence-electron chi connectivity index (χ0n) is 12.2. The monoisotopic (exact) mass is 277 g/mol. The molecule has 0 fully saturated rings. The highest BCUT2D eigenvalue weighted by molar-refractivity contribution is 5.83. The lowest BCUT2D eigenvalue weighted by molar-refractivity contribution is 0.957. The maximum Gasteiger partial charge on any atom is 0.138 e. The molecule has 0 aliphatic carbocycles. The van der Waals surface area contributed by atoms with Crippen molar-refractivity contribution in [2.24, 2.45) is 5.73 Å². The molecule has 0 atom stereocenters. The second-order valence-electron chi connectivity index (χ2n) is 4.95. The molecule has 0 aliphatic rings. The third kappa shape index (κ3) is 2.60. The van der Waals surface area contributed by atoms with E-state index in [1.807, 2.05) is 36.4 Å². The fourth-order valence-corrected chi connectivity index (χ4v) is 2.60. The molecule has 0 aliphatic heterocycles. The molecule has 3 nitrogen and oxygen atoms in total. The van der Waals surface area contributed by atoms with Gasteiger partial charge in [-0.25, -0.2) is 4.98 Å². The van der Waals surface area contributed by atoms with Crippen LogP contribution in [0.25, 0.3) is 10.9 Å². The second-order valence-corrected chi connectivity index (χ2v) is 4.95. The fraction of sp³-hybridized carbons (Fsp3) is 0.167. The Labute approximate surface area is 125 Å². The molecule has 3 heteroatoms. The summed E-state index contributed by atoms with van der Waals surface area (Å²) in [5, 5.41) is 1.13. The Hall–Kier alpha value is -2.39. The van der Waals surface area contributed by atoms with E-state index in [-0.39, 0.29) is 0 Å². The van der Waals surface area contributed by atoms with Crippen LogP contribution >= 0.6 is 0 Å². The van der Waals surface area contributed by atoms with Crippen molar-refractivity contribution in [2.45, 2.75) is 13.5 Å². The Kier molecular flexibility index (Phi) is 3.84. The van der Waals surface area contributed by atoms with Crippen LogP contribution in [0.15, 0.2) is 60.7 Å². The number of fused-ring (bicyclic) bond motifs is 1. The molecule has 2 N–H and O–H groups in total. The number of hydrogen-bond acceptors (Lipinski definition) is 3. The molecule has 0 spiro atoms. The minimum absolute atomic E-state index is 0.483. The summed E-state index contributed by atoms with van der Waals surface area (Å²) in [6, 6.07) is 20.6. The van der Waals surface area contributed by atoms with Gasteiger partial charge in [0.25, 0.3) is 0 Å². The first kappa shape index (κ1) is 13.6. The quantitative estimate of drug-likeness (QED) is 0.787. The molecule has 0 amide bonds. The highest BCUT2D eigenvalue weighted by atomic mass is 15.2. The Morgan fingerprint density at radius 2 is 1.71 bits per heavy atom. The first-order valence-corrected chi connectivity index (χ1v) is 7.24. The zero-order valence-corrected chi connectivity index (χ0v) is 12.2. The van der Waals surface area contributed by atoms with E-state index in [2.05, 4.69) is 36.1 Å². The second kappa shape index (κ2) is 5.94. The first-order chi connectivity index (χ1) is 10.3. The van der Waals surface area contributed by atoms with E-state index in [9.17, 15) is 0 Å². The van der Waals surface area contributed by atoms with E-state index in [0.717, 1.165) is 34.5 Å². The number of nitrogens with two attached hydrogens (primary N) is 1. The summed E-state index contributed by atoms with van der Waals surface area (Å²) in [6.07, 6.45) is 0. The van der Waals surface area contributed by atoms with Gasteiger partial charge in [0.2, 0.25) is 0 Å². The van der Waals surface area contributed by atoms with E-state index in [1.54, 1.807) is 0 Å². The lowest BCUT2D eigenvalue weighted by Crippen LogP contribution is -2.20. The summed E-state index contributed by atoms with van der Waals surface area (Å²) in [5.74, 6) is 0.949. The van der Waals surface area contributed by atoms with E-state index in [0.29, 0.717) is 6.54 Å². The van der Waals surface area contributed by atoms with Gasteiger partial charge in [0.15, 0.2) is 0 Å². The lowest BCUT2D eigenvalue weighted by Gasteiger charge is -2.24. The summed E-state index contributed by atoms with van der Waals surface area (Å²) >= 11 is 0. The highest BCUT2D eigenvalue weighted by Gasteiger charge is 2.13. The Bertz CT molecular complexity index is 738. The maximum atomic E-state index is 5.95. The Morgan fingerprint density at radius 1 is 1.00 bits per heavy atom. The van der Waals surface area contributed by atoms with E-state index >= 15 is 0 Å². The molecule has 0 radical (unpaired) electrons. The van der Waals surface area contributed by atoms with Crippen molar-refractivity contribution in [2.75, 3.05) is 11.4 Å². The van der Waals surface area contributed by atoms with Crippen LogP contribution in [0.3, 0.4) is 0 Å². The zero-order chi connectivity index (χ0) is 14.7. The molecule has 0 saturated heterocycles. The highest BCUT2D eigenvalue weighted by Crippen LogP contribution is 2.29. The van der Waals surface area contributed by atoms with Crippen LogP contribution in [-0.4, -0.2) is 11.5 Å². The minimum Gasteiger partial charge on any atom is -0.326 e. The van der Waals surface area contributed by atoms with Crippen LogP contribution in [0.4, 0.5) is 11.5 Å². The van der Waals surface area contributed by atoms with Gasteiger partial charge in [-0.1, -0.05) is 36.4 Å². The first-order valence-electron chi connectivity index (χ1n) is 7.24. The third-order valence-corrected chi connectivity index (χ3v) is 3.64. The number of aromatic nitrogens is 1. The van der Waals surface area contributed by atoms with Crippen molar-refractivity contribution in [3.63, 3.8) is 0 Å². The third-order valence-electron chi connectivity index (χ3n) is 3.64. The van der Waals surface area contributed by atoms with Crippen LogP contribution in [0.2, 0.25) is 0 Å². The minimum atomic E-state index is 0.483. The number of rotatable bonds is 4. The molecule has 106 valence electrons. The summed E-state index contributed by atoms with van der Waals surface area (Å²) in [5.41, 5.74) is 9.15. The maximum absolute atomic E-state index is 5.95. The van der Waals surface area contributed by atoms with Crippen LogP contribution in [0, 0.1) is 0 Å². The summed E-state index contributed by atoms with van der Waals surface area (Å²) in [7, 11) is 0.